The fraction of sp³-hybridized carbons (Fsp3) is 0.125. The zero-order valence-corrected chi connectivity index (χ0v) is 6.31. The van der Waals surface area contributed by atoms with Crippen molar-refractivity contribution in [1.82, 2.24) is 14.6 Å². The van der Waals surface area contributed by atoms with Gasteiger partial charge in [0.25, 0.3) is 0 Å². The number of nitriles is 1. The molecule has 0 saturated carbocycles. The van der Waals surface area contributed by atoms with Crippen molar-refractivity contribution in [2.24, 2.45) is 0 Å². The average molecular weight is 158 g/mol. The maximum Gasteiger partial charge on any atom is 0.164 e. The predicted octanol–water partition coefficient (Wildman–Crippen LogP) is 0.795. The van der Waals surface area contributed by atoms with Gasteiger partial charge in [-0.25, -0.2) is 0 Å². The summed E-state index contributed by atoms with van der Waals surface area (Å²) in [5.41, 5.74) is 1.68. The maximum atomic E-state index is 8.51. The number of hydrogen-bond acceptors (Lipinski definition) is 3. The number of nitrogens with zero attached hydrogens (tertiary/aromatic N) is 4. The summed E-state index contributed by atoms with van der Waals surface area (Å²) in [7, 11) is 0. The van der Waals surface area contributed by atoms with Crippen molar-refractivity contribution in [3.63, 3.8) is 0 Å². The third-order valence-corrected chi connectivity index (χ3v) is 1.67. The van der Waals surface area contributed by atoms with E-state index in [2.05, 4.69) is 16.3 Å². The highest BCUT2D eigenvalue weighted by atomic mass is 15.2. The highest BCUT2D eigenvalue weighted by molar-refractivity contribution is 5.47. The van der Waals surface area contributed by atoms with E-state index < -0.39 is 0 Å². The molecule has 0 aliphatic carbocycles. The maximum absolute atomic E-state index is 8.51. The van der Waals surface area contributed by atoms with Crippen molar-refractivity contribution in [3.05, 3.63) is 30.2 Å². The van der Waals surface area contributed by atoms with Gasteiger partial charge in [0.1, 0.15) is 6.33 Å². The van der Waals surface area contributed by atoms with Gasteiger partial charge in [-0.3, -0.25) is 4.40 Å². The summed E-state index contributed by atoms with van der Waals surface area (Å²) in [6.07, 6.45) is 3.86. The highest BCUT2D eigenvalue weighted by Gasteiger charge is 2.00. The average Bonchev–Trinajstić information content (AvgIpc) is 2.53. The smallest absolute Gasteiger partial charge is 0.164 e. The molecule has 0 amide bonds. The minimum Gasteiger partial charge on any atom is -0.289 e. The summed E-state index contributed by atoms with van der Waals surface area (Å²) in [5.74, 6) is 0. The monoisotopic (exact) mass is 158 g/mol. The molecule has 0 bridgehead atoms. The van der Waals surface area contributed by atoms with E-state index >= 15 is 0 Å². The molecule has 0 aliphatic rings. The Morgan fingerprint density at radius 2 is 2.50 bits per heavy atom. The first-order valence-corrected chi connectivity index (χ1v) is 3.56. The summed E-state index contributed by atoms with van der Waals surface area (Å²) in [4.78, 5) is 0. The minimum atomic E-state index is 0.378. The van der Waals surface area contributed by atoms with Gasteiger partial charge in [0.05, 0.1) is 12.5 Å². The molecule has 0 saturated heterocycles. The Balaban J connectivity index is 2.67. The lowest BCUT2D eigenvalue weighted by Crippen LogP contribution is -1.89. The van der Waals surface area contributed by atoms with Crippen LogP contribution >= 0.6 is 0 Å². The number of rotatable bonds is 1. The Morgan fingerprint density at radius 3 is 3.33 bits per heavy atom. The standard InChI is InChI=1S/C8H6N4/c9-4-3-7-2-1-5-12-6-10-11-8(7)12/h1-2,5-6H,3H2. The van der Waals surface area contributed by atoms with Crippen molar-refractivity contribution in [2.45, 2.75) is 6.42 Å². The van der Waals surface area contributed by atoms with Gasteiger partial charge in [0.2, 0.25) is 0 Å². The molecule has 2 aromatic heterocycles. The highest BCUT2D eigenvalue weighted by Crippen LogP contribution is 2.06. The van der Waals surface area contributed by atoms with Crippen LogP contribution in [0.3, 0.4) is 0 Å². The molecule has 0 fully saturated rings. The second kappa shape index (κ2) is 2.62. The van der Waals surface area contributed by atoms with Gasteiger partial charge < -0.3 is 0 Å². The Bertz CT molecular complexity index is 437. The second-order valence-corrected chi connectivity index (χ2v) is 2.43. The quantitative estimate of drug-likeness (QED) is 0.616. The summed E-state index contributed by atoms with van der Waals surface area (Å²) >= 11 is 0. The molecule has 2 rings (SSSR count). The van der Waals surface area contributed by atoms with E-state index in [1.54, 1.807) is 10.7 Å². The second-order valence-electron chi connectivity index (χ2n) is 2.43. The van der Waals surface area contributed by atoms with E-state index in [9.17, 15) is 0 Å². The summed E-state index contributed by atoms with van der Waals surface area (Å²) in [6, 6.07) is 5.84. The lowest BCUT2D eigenvalue weighted by molar-refractivity contribution is 1.10. The molecular formula is C8H6N4. The third-order valence-electron chi connectivity index (χ3n) is 1.67. The van der Waals surface area contributed by atoms with Crippen LogP contribution in [0.25, 0.3) is 5.65 Å². The number of fused-ring (bicyclic) bond motifs is 1. The predicted molar refractivity (Wildman–Crippen MR) is 42.3 cm³/mol. The van der Waals surface area contributed by atoms with Crippen LogP contribution < -0.4 is 0 Å². The molecule has 0 atom stereocenters. The largest absolute Gasteiger partial charge is 0.289 e. The van der Waals surface area contributed by atoms with Crippen LogP contribution in [-0.4, -0.2) is 14.6 Å². The molecule has 12 heavy (non-hydrogen) atoms. The van der Waals surface area contributed by atoms with Crippen molar-refractivity contribution >= 4 is 5.65 Å². The minimum absolute atomic E-state index is 0.378. The summed E-state index contributed by atoms with van der Waals surface area (Å²) in [5, 5.41) is 16.2. The topological polar surface area (TPSA) is 54.0 Å². The van der Waals surface area contributed by atoms with E-state index in [1.807, 2.05) is 18.3 Å². The van der Waals surface area contributed by atoms with Crippen molar-refractivity contribution < 1.29 is 0 Å². The van der Waals surface area contributed by atoms with E-state index in [-0.39, 0.29) is 0 Å². The van der Waals surface area contributed by atoms with Crippen LogP contribution in [0.5, 0.6) is 0 Å². The van der Waals surface area contributed by atoms with Crippen LogP contribution in [0.2, 0.25) is 0 Å². The van der Waals surface area contributed by atoms with E-state index in [4.69, 9.17) is 5.26 Å². The Hall–Kier alpha value is -1.89. The number of pyridine rings is 1. The zero-order chi connectivity index (χ0) is 8.39. The first-order chi connectivity index (χ1) is 5.92. The molecule has 0 radical (unpaired) electrons. The van der Waals surface area contributed by atoms with Crippen LogP contribution in [0.1, 0.15) is 5.56 Å². The van der Waals surface area contributed by atoms with Gasteiger partial charge in [0.15, 0.2) is 5.65 Å². The molecule has 0 unspecified atom stereocenters. The molecular weight excluding hydrogens is 152 g/mol. The van der Waals surface area contributed by atoms with Gasteiger partial charge in [0, 0.05) is 11.8 Å². The Morgan fingerprint density at radius 1 is 1.58 bits per heavy atom. The summed E-state index contributed by atoms with van der Waals surface area (Å²) < 4.78 is 1.80. The lowest BCUT2D eigenvalue weighted by atomic mass is 10.2. The first kappa shape index (κ1) is 6.80. The molecule has 4 heteroatoms. The number of hydrogen-bond donors (Lipinski definition) is 0. The third kappa shape index (κ3) is 0.920. The van der Waals surface area contributed by atoms with E-state index in [1.165, 1.54) is 0 Å². The van der Waals surface area contributed by atoms with Crippen LogP contribution in [-0.2, 0) is 6.42 Å². The fourth-order valence-corrected chi connectivity index (χ4v) is 1.13. The zero-order valence-electron chi connectivity index (χ0n) is 6.31. The molecule has 0 spiro atoms. The molecule has 4 nitrogen and oxygen atoms in total. The van der Waals surface area contributed by atoms with Gasteiger partial charge in [-0.05, 0) is 6.07 Å². The normalized spacial score (nSPS) is 9.92. The van der Waals surface area contributed by atoms with Gasteiger partial charge in [-0.1, -0.05) is 6.07 Å². The van der Waals surface area contributed by atoms with Crippen molar-refractivity contribution in [2.75, 3.05) is 0 Å². The molecule has 58 valence electrons. The molecule has 0 aromatic carbocycles. The molecule has 0 aliphatic heterocycles. The van der Waals surface area contributed by atoms with Crippen molar-refractivity contribution in [1.29, 1.82) is 5.26 Å². The Kier molecular flexibility index (Phi) is 1.49. The van der Waals surface area contributed by atoms with E-state index in [0.29, 0.717) is 6.42 Å². The summed E-state index contributed by atoms with van der Waals surface area (Å²) in [6.45, 7) is 0. The number of aromatic nitrogens is 3. The van der Waals surface area contributed by atoms with Crippen LogP contribution in [0.15, 0.2) is 24.7 Å². The fourth-order valence-electron chi connectivity index (χ4n) is 1.13. The van der Waals surface area contributed by atoms with Gasteiger partial charge >= 0.3 is 0 Å². The van der Waals surface area contributed by atoms with Gasteiger partial charge in [-0.15, -0.1) is 10.2 Å². The molecule has 2 heterocycles. The van der Waals surface area contributed by atoms with Crippen LogP contribution in [0, 0.1) is 11.3 Å². The molecule has 0 N–H and O–H groups in total. The SMILES string of the molecule is N#CCc1cccn2cnnc12. The van der Waals surface area contributed by atoms with Crippen LogP contribution in [0.4, 0.5) is 0 Å². The van der Waals surface area contributed by atoms with Crippen molar-refractivity contribution in [3.8, 4) is 6.07 Å². The van der Waals surface area contributed by atoms with E-state index in [0.717, 1.165) is 11.2 Å². The van der Waals surface area contributed by atoms with Gasteiger partial charge in [-0.2, -0.15) is 5.26 Å². The lowest BCUT2D eigenvalue weighted by Gasteiger charge is -1.95. The molecule has 2 aromatic rings. The first-order valence-electron chi connectivity index (χ1n) is 3.56. The Labute approximate surface area is 69.1 Å².